The minimum Gasteiger partial charge on any atom is -0.393 e. The van der Waals surface area contributed by atoms with Gasteiger partial charge in [0.25, 0.3) is 5.56 Å². The minimum atomic E-state index is -0.673. The Bertz CT molecular complexity index is 731. The van der Waals surface area contributed by atoms with Crippen molar-refractivity contribution in [2.75, 3.05) is 13.2 Å². The Morgan fingerprint density at radius 2 is 2.38 bits per heavy atom. The van der Waals surface area contributed by atoms with E-state index in [9.17, 15) is 9.90 Å². The molecule has 0 amide bonds. The van der Waals surface area contributed by atoms with Crippen LogP contribution < -0.4 is 5.56 Å². The Morgan fingerprint density at radius 3 is 3.10 bits per heavy atom. The smallest absolute Gasteiger partial charge is 0.278 e. The first-order valence-electron chi connectivity index (χ1n) is 6.47. The molecular weight excluding hydrogens is 353 g/mol. The van der Waals surface area contributed by atoms with Gasteiger partial charge in [-0.3, -0.25) is 9.36 Å². The molecule has 4 heterocycles. The average molecular weight is 367 g/mol. The van der Waals surface area contributed by atoms with Gasteiger partial charge >= 0.3 is 0 Å². The van der Waals surface area contributed by atoms with Gasteiger partial charge in [-0.05, 0) is 0 Å². The fraction of sp³-hybridized carbons (Fsp3) is 0.583. The van der Waals surface area contributed by atoms with Crippen molar-refractivity contribution in [3.05, 3.63) is 23.0 Å². The zero-order valence-corrected chi connectivity index (χ0v) is 14.2. The summed E-state index contributed by atoms with van der Waals surface area (Å²) in [5.74, 6) is 0.0666. The molecule has 21 heavy (non-hydrogen) atoms. The van der Waals surface area contributed by atoms with Crippen LogP contribution in [-0.4, -0.2) is 49.5 Å². The number of nitrogens with zero attached hydrogens (tertiary/aromatic N) is 3. The van der Waals surface area contributed by atoms with E-state index >= 15 is 0 Å². The van der Waals surface area contributed by atoms with E-state index in [0.717, 1.165) is 0 Å². The molecule has 0 saturated carbocycles. The van der Waals surface area contributed by atoms with E-state index in [4.69, 9.17) is 9.47 Å². The molecule has 2 aromatic rings. The summed E-state index contributed by atoms with van der Waals surface area (Å²) in [6, 6.07) is 0. The van der Waals surface area contributed by atoms with Gasteiger partial charge in [-0.25, -0.2) is 9.97 Å². The Kier molecular flexibility index (Phi) is 3.78. The van der Waals surface area contributed by atoms with Crippen LogP contribution >= 0.6 is 0 Å². The van der Waals surface area contributed by atoms with Crippen molar-refractivity contribution in [1.29, 1.82) is 0 Å². The fourth-order valence-electron chi connectivity index (χ4n) is 3.08. The van der Waals surface area contributed by atoms with E-state index in [-0.39, 0.29) is 62.4 Å². The molecule has 2 aromatic heterocycles. The Labute approximate surface area is 144 Å². The van der Waals surface area contributed by atoms with E-state index in [2.05, 4.69) is 15.0 Å². The van der Waals surface area contributed by atoms with Crippen molar-refractivity contribution in [3.8, 4) is 0 Å². The average Bonchev–Trinajstić information content (AvgIpc) is 3.10. The predicted molar refractivity (Wildman–Crippen MR) is 67.0 cm³/mol. The third-order valence-corrected chi connectivity index (χ3v) is 4.39. The number of aliphatic hydroxyl groups excluding tert-OH is 1. The number of ether oxygens (including phenoxy) is 2. The molecule has 4 rings (SSSR count). The molecule has 0 aliphatic carbocycles. The van der Waals surface area contributed by atoms with Crippen LogP contribution in [0.25, 0.3) is 11.2 Å². The van der Waals surface area contributed by atoms with Crippen molar-refractivity contribution < 1.29 is 47.3 Å². The normalized spacial score (nSPS) is 34.3. The molecule has 9 heteroatoms. The van der Waals surface area contributed by atoms with E-state index in [1.165, 1.54) is 12.7 Å². The fourth-order valence-corrected chi connectivity index (χ4v) is 3.08. The number of rotatable bonds is 2. The SMILES string of the molecule is C[C@@H]1C2OC[C@]1(CO)O[C@H]2n1cnc2c(=O)[nH]cnc21.[Y]. The summed E-state index contributed by atoms with van der Waals surface area (Å²) in [7, 11) is 0. The monoisotopic (exact) mass is 367 g/mol. The molecule has 2 saturated heterocycles. The number of hydrogen-bond acceptors (Lipinski definition) is 6. The minimum absolute atomic E-state index is 0. The molecule has 1 radical (unpaired) electrons. The van der Waals surface area contributed by atoms with Gasteiger partial charge in [0.15, 0.2) is 17.4 Å². The summed E-state index contributed by atoms with van der Waals surface area (Å²) in [6.45, 7) is 2.28. The van der Waals surface area contributed by atoms with Crippen LogP contribution in [0, 0.1) is 5.92 Å². The second kappa shape index (κ2) is 5.21. The van der Waals surface area contributed by atoms with Crippen molar-refractivity contribution >= 4 is 11.2 Å². The summed E-state index contributed by atoms with van der Waals surface area (Å²) in [5, 5.41) is 9.59. The van der Waals surface area contributed by atoms with Gasteiger partial charge in [-0.15, -0.1) is 0 Å². The molecule has 8 nitrogen and oxygen atoms in total. The molecule has 0 spiro atoms. The van der Waals surface area contributed by atoms with Crippen LogP contribution in [0.15, 0.2) is 17.4 Å². The second-order valence-electron chi connectivity index (χ2n) is 5.35. The van der Waals surface area contributed by atoms with Crippen LogP contribution in [0.1, 0.15) is 13.2 Å². The number of nitrogens with one attached hydrogen (secondary N) is 1. The van der Waals surface area contributed by atoms with Crippen molar-refractivity contribution in [2.45, 2.75) is 24.9 Å². The third-order valence-electron chi connectivity index (χ3n) is 4.39. The van der Waals surface area contributed by atoms with Gasteiger partial charge in [-0.1, -0.05) is 6.92 Å². The van der Waals surface area contributed by atoms with Gasteiger partial charge in [-0.2, -0.15) is 0 Å². The van der Waals surface area contributed by atoms with Crippen molar-refractivity contribution in [1.82, 2.24) is 19.5 Å². The standard InChI is InChI=1S/C12H14N4O4.Y/c1-6-8-11(20-12(6,2-17)3-19-8)16-5-15-7-9(16)13-4-14-10(7)18;/h4-6,8,11,17H,2-3H2,1H3,(H,13,14,18);/t6-,8?,11-,12+;/m1./s1. The maximum Gasteiger partial charge on any atom is 0.278 e. The molecule has 1 unspecified atom stereocenters. The number of aromatic amines is 1. The van der Waals surface area contributed by atoms with Crippen molar-refractivity contribution in [3.63, 3.8) is 0 Å². The van der Waals surface area contributed by atoms with Gasteiger partial charge in [0, 0.05) is 38.6 Å². The molecule has 0 aromatic carbocycles. The quantitative estimate of drug-likeness (QED) is 0.736. The molecule has 2 aliphatic heterocycles. The van der Waals surface area contributed by atoms with Crippen LogP contribution in [0.3, 0.4) is 0 Å². The van der Waals surface area contributed by atoms with Crippen molar-refractivity contribution in [2.24, 2.45) is 5.92 Å². The van der Waals surface area contributed by atoms with Gasteiger partial charge in [0.05, 0.1) is 25.9 Å². The topological polar surface area (TPSA) is 102 Å². The molecule has 2 N–H and O–H groups in total. The molecule has 2 fully saturated rings. The Morgan fingerprint density at radius 1 is 1.57 bits per heavy atom. The molecular formula is C12H14N4O4Y. The molecule has 109 valence electrons. The summed E-state index contributed by atoms with van der Waals surface area (Å²) in [6.07, 6.45) is 2.26. The van der Waals surface area contributed by atoms with Crippen LogP contribution in [0.2, 0.25) is 0 Å². The summed E-state index contributed by atoms with van der Waals surface area (Å²) in [5.41, 5.74) is -0.241. The van der Waals surface area contributed by atoms with Crippen LogP contribution in [0.4, 0.5) is 0 Å². The first-order valence-corrected chi connectivity index (χ1v) is 6.47. The number of imidazole rings is 1. The molecule has 4 atom stereocenters. The predicted octanol–water partition coefficient (Wildman–Crippen LogP) is -0.588. The van der Waals surface area contributed by atoms with E-state index < -0.39 is 11.8 Å². The van der Waals surface area contributed by atoms with E-state index in [1.807, 2.05) is 6.92 Å². The van der Waals surface area contributed by atoms with Gasteiger partial charge in [0.1, 0.15) is 11.7 Å². The van der Waals surface area contributed by atoms with E-state index in [0.29, 0.717) is 12.3 Å². The summed E-state index contributed by atoms with van der Waals surface area (Å²) >= 11 is 0. The number of fused-ring (bicyclic) bond motifs is 3. The molecule has 2 bridgehead atoms. The zero-order chi connectivity index (χ0) is 13.9. The summed E-state index contributed by atoms with van der Waals surface area (Å²) < 4.78 is 13.4. The zero-order valence-electron chi connectivity index (χ0n) is 11.4. The Hall–Kier alpha value is -0.666. The van der Waals surface area contributed by atoms with Crippen LogP contribution in [0.5, 0.6) is 0 Å². The number of H-pyrrole nitrogens is 1. The van der Waals surface area contributed by atoms with Gasteiger partial charge < -0.3 is 19.6 Å². The van der Waals surface area contributed by atoms with E-state index in [1.54, 1.807) is 4.57 Å². The first kappa shape index (κ1) is 15.2. The number of aromatic nitrogens is 4. The summed E-state index contributed by atoms with van der Waals surface area (Å²) in [4.78, 5) is 22.4. The largest absolute Gasteiger partial charge is 0.393 e. The Balaban J connectivity index is 0.00000132. The van der Waals surface area contributed by atoms with Gasteiger partial charge in [0.2, 0.25) is 0 Å². The maximum absolute atomic E-state index is 11.7. The third kappa shape index (κ3) is 1.97. The second-order valence-corrected chi connectivity index (χ2v) is 5.35. The van der Waals surface area contributed by atoms with Crippen LogP contribution in [-0.2, 0) is 42.2 Å². The first-order chi connectivity index (χ1) is 9.66. The number of hydrogen-bond donors (Lipinski definition) is 2. The number of aliphatic hydroxyl groups is 1. The molecule has 2 aliphatic rings. The maximum atomic E-state index is 11.7.